The van der Waals surface area contributed by atoms with E-state index in [2.05, 4.69) is 5.32 Å². The van der Waals surface area contributed by atoms with Crippen LogP contribution >= 0.6 is 0 Å². The summed E-state index contributed by atoms with van der Waals surface area (Å²) in [4.78, 5) is 0. The molecule has 4 heteroatoms. The molecule has 1 aromatic heterocycles. The zero-order valence-electron chi connectivity index (χ0n) is 9.11. The summed E-state index contributed by atoms with van der Waals surface area (Å²) in [6.07, 6.45) is 3.23. The molecule has 3 nitrogen and oxygen atoms in total. The van der Waals surface area contributed by atoms with Crippen molar-refractivity contribution in [1.29, 1.82) is 5.26 Å². The maximum atomic E-state index is 13.4. The number of benzene rings is 1. The summed E-state index contributed by atoms with van der Waals surface area (Å²) < 4.78 is 18.3. The van der Waals surface area contributed by atoms with Gasteiger partial charge in [0, 0.05) is 24.2 Å². The van der Waals surface area contributed by atoms with Crippen molar-refractivity contribution in [1.82, 2.24) is 5.32 Å². The molecule has 17 heavy (non-hydrogen) atoms. The molecular formula is C13H11FN2O. The SMILES string of the molecule is N#Cc1ccc(F)c(CNCc2ccoc2)c1. The fourth-order valence-electron chi connectivity index (χ4n) is 1.51. The average Bonchev–Trinajstić information content (AvgIpc) is 2.84. The molecule has 1 N–H and O–H groups in total. The smallest absolute Gasteiger partial charge is 0.127 e. The van der Waals surface area contributed by atoms with Crippen LogP contribution in [0.1, 0.15) is 16.7 Å². The molecule has 2 rings (SSSR count). The van der Waals surface area contributed by atoms with Crippen molar-refractivity contribution in [3.63, 3.8) is 0 Å². The normalized spacial score (nSPS) is 10.1. The van der Waals surface area contributed by atoms with Crippen molar-refractivity contribution >= 4 is 0 Å². The zero-order chi connectivity index (χ0) is 12.1. The van der Waals surface area contributed by atoms with E-state index in [4.69, 9.17) is 9.68 Å². The first-order valence-corrected chi connectivity index (χ1v) is 5.20. The molecule has 0 spiro atoms. The number of nitrogens with one attached hydrogen (secondary N) is 1. The molecule has 0 saturated heterocycles. The van der Waals surface area contributed by atoms with E-state index in [1.807, 2.05) is 12.1 Å². The quantitative estimate of drug-likeness (QED) is 0.878. The second kappa shape index (κ2) is 5.28. The maximum Gasteiger partial charge on any atom is 0.127 e. The summed E-state index contributed by atoms with van der Waals surface area (Å²) in [6.45, 7) is 0.985. The van der Waals surface area contributed by atoms with E-state index in [0.717, 1.165) is 5.56 Å². The van der Waals surface area contributed by atoms with Crippen molar-refractivity contribution < 1.29 is 8.81 Å². The average molecular weight is 230 g/mol. The molecule has 2 aromatic rings. The minimum Gasteiger partial charge on any atom is -0.472 e. The standard InChI is InChI=1S/C13H11FN2O/c14-13-2-1-10(6-15)5-12(13)8-16-7-11-3-4-17-9-11/h1-5,9,16H,7-8H2. The van der Waals surface area contributed by atoms with Crippen LogP contribution in [0.3, 0.4) is 0 Å². The third kappa shape index (κ3) is 2.92. The third-order valence-electron chi connectivity index (χ3n) is 2.40. The Balaban J connectivity index is 1.97. The number of rotatable bonds is 4. The van der Waals surface area contributed by atoms with Gasteiger partial charge >= 0.3 is 0 Å². The Morgan fingerprint density at radius 3 is 2.88 bits per heavy atom. The van der Waals surface area contributed by atoms with Gasteiger partial charge in [-0.1, -0.05) is 0 Å². The Bertz CT molecular complexity index is 529. The van der Waals surface area contributed by atoms with Crippen LogP contribution in [0.15, 0.2) is 41.2 Å². The van der Waals surface area contributed by atoms with Crippen molar-refractivity contribution in [3.8, 4) is 6.07 Å². The van der Waals surface area contributed by atoms with Crippen LogP contribution in [0.2, 0.25) is 0 Å². The molecule has 0 aliphatic carbocycles. The molecule has 0 unspecified atom stereocenters. The lowest BCUT2D eigenvalue weighted by Crippen LogP contribution is -2.13. The van der Waals surface area contributed by atoms with Crippen molar-refractivity contribution in [2.75, 3.05) is 0 Å². The summed E-state index contributed by atoms with van der Waals surface area (Å²) in [5.74, 6) is -0.302. The molecule has 0 bridgehead atoms. The Labute approximate surface area is 98.5 Å². The second-order valence-corrected chi connectivity index (χ2v) is 3.65. The van der Waals surface area contributed by atoms with Gasteiger partial charge in [-0.25, -0.2) is 4.39 Å². The fourth-order valence-corrected chi connectivity index (χ4v) is 1.51. The summed E-state index contributed by atoms with van der Waals surface area (Å²) in [7, 11) is 0. The summed E-state index contributed by atoms with van der Waals surface area (Å²) >= 11 is 0. The van der Waals surface area contributed by atoms with Crippen molar-refractivity contribution in [2.45, 2.75) is 13.1 Å². The second-order valence-electron chi connectivity index (χ2n) is 3.65. The number of hydrogen-bond donors (Lipinski definition) is 1. The van der Waals surface area contributed by atoms with Gasteiger partial charge in [-0.2, -0.15) is 5.26 Å². The van der Waals surface area contributed by atoms with E-state index in [1.165, 1.54) is 12.1 Å². The first-order chi connectivity index (χ1) is 8.29. The van der Waals surface area contributed by atoms with Crippen LogP contribution in [-0.2, 0) is 13.1 Å². The van der Waals surface area contributed by atoms with Crippen LogP contribution < -0.4 is 5.32 Å². The molecule has 1 heterocycles. The summed E-state index contributed by atoms with van der Waals surface area (Å²) in [5.41, 5.74) is 1.96. The molecule has 0 atom stereocenters. The molecule has 0 fully saturated rings. The van der Waals surface area contributed by atoms with E-state index in [9.17, 15) is 4.39 Å². The van der Waals surface area contributed by atoms with Crippen LogP contribution in [0, 0.1) is 17.1 Å². The predicted octanol–water partition coefficient (Wildman–Crippen LogP) is 2.58. The monoisotopic (exact) mass is 230 g/mol. The Morgan fingerprint density at radius 1 is 1.29 bits per heavy atom. The molecule has 0 saturated carbocycles. The first-order valence-electron chi connectivity index (χ1n) is 5.20. The number of hydrogen-bond acceptors (Lipinski definition) is 3. The highest BCUT2D eigenvalue weighted by Crippen LogP contribution is 2.10. The van der Waals surface area contributed by atoms with Crippen LogP contribution in [-0.4, -0.2) is 0 Å². The lowest BCUT2D eigenvalue weighted by molar-refractivity contribution is 0.557. The van der Waals surface area contributed by atoms with Gasteiger partial charge in [0.15, 0.2) is 0 Å². The maximum absolute atomic E-state index is 13.4. The van der Waals surface area contributed by atoms with Crippen LogP contribution in [0.5, 0.6) is 0 Å². The highest BCUT2D eigenvalue weighted by molar-refractivity contribution is 5.33. The van der Waals surface area contributed by atoms with Gasteiger partial charge in [0.05, 0.1) is 24.2 Å². The Kier molecular flexibility index (Phi) is 3.53. The highest BCUT2D eigenvalue weighted by atomic mass is 19.1. The molecule has 0 radical (unpaired) electrons. The van der Waals surface area contributed by atoms with Crippen LogP contribution in [0.25, 0.3) is 0 Å². The topological polar surface area (TPSA) is 49.0 Å². The fraction of sp³-hybridized carbons (Fsp3) is 0.154. The van der Waals surface area contributed by atoms with Gasteiger partial charge in [-0.15, -0.1) is 0 Å². The molecule has 0 amide bonds. The number of nitriles is 1. The lowest BCUT2D eigenvalue weighted by atomic mass is 10.1. The molecule has 86 valence electrons. The third-order valence-corrected chi connectivity index (χ3v) is 2.40. The lowest BCUT2D eigenvalue weighted by Gasteiger charge is -2.05. The van der Waals surface area contributed by atoms with Crippen molar-refractivity contribution in [3.05, 3.63) is 59.3 Å². The van der Waals surface area contributed by atoms with Gasteiger partial charge in [0.25, 0.3) is 0 Å². The van der Waals surface area contributed by atoms with Gasteiger partial charge in [0.2, 0.25) is 0 Å². The van der Waals surface area contributed by atoms with E-state index < -0.39 is 0 Å². The largest absolute Gasteiger partial charge is 0.472 e. The van der Waals surface area contributed by atoms with Gasteiger partial charge in [-0.05, 0) is 24.3 Å². The Morgan fingerprint density at radius 2 is 2.18 bits per heavy atom. The van der Waals surface area contributed by atoms with E-state index in [1.54, 1.807) is 18.6 Å². The minimum absolute atomic E-state index is 0.302. The van der Waals surface area contributed by atoms with Gasteiger partial charge in [0.1, 0.15) is 5.82 Å². The van der Waals surface area contributed by atoms with Crippen molar-refractivity contribution in [2.24, 2.45) is 0 Å². The molecule has 1 aromatic carbocycles. The summed E-state index contributed by atoms with van der Waals surface area (Å²) in [5, 5.41) is 11.8. The number of nitrogens with zero attached hydrogens (tertiary/aromatic N) is 1. The summed E-state index contributed by atoms with van der Waals surface area (Å²) in [6, 6.07) is 8.16. The minimum atomic E-state index is -0.302. The van der Waals surface area contributed by atoms with Crippen LogP contribution in [0.4, 0.5) is 4.39 Å². The number of furan rings is 1. The zero-order valence-corrected chi connectivity index (χ0v) is 9.11. The Hall–Kier alpha value is -2.12. The van der Waals surface area contributed by atoms with Gasteiger partial charge < -0.3 is 9.73 Å². The van der Waals surface area contributed by atoms with E-state index in [0.29, 0.717) is 24.2 Å². The molecular weight excluding hydrogens is 219 g/mol. The molecule has 0 aliphatic heterocycles. The van der Waals surface area contributed by atoms with Gasteiger partial charge in [-0.3, -0.25) is 0 Å². The highest BCUT2D eigenvalue weighted by Gasteiger charge is 2.03. The van der Waals surface area contributed by atoms with E-state index >= 15 is 0 Å². The first kappa shape index (κ1) is 11.4. The predicted molar refractivity (Wildman–Crippen MR) is 60.4 cm³/mol. The number of halogens is 1. The molecule has 0 aliphatic rings. The van der Waals surface area contributed by atoms with E-state index in [-0.39, 0.29) is 5.82 Å².